The second kappa shape index (κ2) is 9.15. The molecule has 0 amide bonds. The first-order chi connectivity index (χ1) is 16.3. The van der Waals surface area contributed by atoms with Crippen LogP contribution in [0.1, 0.15) is 18.5 Å². The summed E-state index contributed by atoms with van der Waals surface area (Å²) in [4.78, 5) is 20.6. The number of nitro benzene ring substituents is 2. The fraction of sp³-hybridized carbons (Fsp3) is 0.100. The fourth-order valence-electron chi connectivity index (χ4n) is 3.02. The number of azo groups is 2. The Morgan fingerprint density at radius 2 is 1.71 bits per heavy atom. The third-order valence-corrected chi connectivity index (χ3v) is 4.84. The molecule has 3 aromatic carbocycles. The molecule has 0 saturated carbocycles. The van der Waals surface area contributed by atoms with Gasteiger partial charge in [0.1, 0.15) is 16.7 Å². The summed E-state index contributed by atoms with van der Waals surface area (Å²) in [7, 11) is 0. The third kappa shape index (κ3) is 4.55. The number of nitrogens with zero attached hydrogens (tertiary/aromatic N) is 8. The van der Waals surface area contributed by atoms with Crippen LogP contribution < -0.4 is 5.73 Å². The average Bonchev–Trinajstić information content (AvgIpc) is 3.31. The van der Waals surface area contributed by atoms with Gasteiger partial charge in [0.15, 0.2) is 5.69 Å². The van der Waals surface area contributed by atoms with Crippen LogP contribution in [0.15, 0.2) is 75.1 Å². The monoisotopic (exact) mass is 460 g/mol. The Morgan fingerprint density at radius 1 is 0.941 bits per heavy atom. The number of hydrogen-bond acceptors (Lipinski definition) is 11. The van der Waals surface area contributed by atoms with E-state index in [2.05, 4.69) is 35.9 Å². The molecule has 14 nitrogen and oxygen atoms in total. The van der Waals surface area contributed by atoms with E-state index >= 15 is 0 Å². The van der Waals surface area contributed by atoms with Gasteiger partial charge in [-0.25, -0.2) is 0 Å². The van der Waals surface area contributed by atoms with Crippen molar-refractivity contribution in [3.05, 3.63) is 80.4 Å². The van der Waals surface area contributed by atoms with Crippen LogP contribution in [-0.4, -0.2) is 25.3 Å². The minimum atomic E-state index is -0.738. The SMILES string of the molecule is CC(N=Nc1ccc([N+](=O)[O-])cc1[N+](=O)[O-])c1ccc(N=Nc2c(N)ccc3n[nH]nc23)cc1. The highest BCUT2D eigenvalue weighted by atomic mass is 16.6. The Labute approximate surface area is 190 Å². The standard InChI is InChI=1S/C20H16N10O4/c1-11(22-24-16-8-6-14(29(31)32)10-18(16)30(33)34)12-2-4-13(5-3-12)23-26-19-15(21)7-9-17-20(19)27-28-25-17/h2-11H,21H2,1H3,(H,25,27,28). The summed E-state index contributed by atoms with van der Waals surface area (Å²) in [6.07, 6.45) is 0. The molecule has 1 unspecified atom stereocenters. The van der Waals surface area contributed by atoms with Gasteiger partial charge in [0, 0.05) is 6.07 Å². The lowest BCUT2D eigenvalue weighted by molar-refractivity contribution is -0.393. The number of aromatic nitrogens is 3. The molecule has 0 fully saturated rings. The second-order valence-corrected chi connectivity index (χ2v) is 7.06. The maximum absolute atomic E-state index is 11.2. The van der Waals surface area contributed by atoms with E-state index in [1.807, 2.05) is 0 Å². The van der Waals surface area contributed by atoms with E-state index in [1.165, 1.54) is 6.07 Å². The number of nitro groups is 2. The molecule has 1 aromatic heterocycles. The minimum Gasteiger partial charge on any atom is -0.397 e. The molecule has 14 heteroatoms. The molecular formula is C20H16N10O4. The van der Waals surface area contributed by atoms with Crippen molar-refractivity contribution < 1.29 is 9.85 Å². The van der Waals surface area contributed by atoms with Gasteiger partial charge in [-0.05, 0) is 42.8 Å². The number of H-pyrrole nitrogens is 1. The van der Waals surface area contributed by atoms with Gasteiger partial charge < -0.3 is 5.73 Å². The molecule has 170 valence electrons. The zero-order chi connectivity index (χ0) is 24.2. The molecule has 0 saturated heterocycles. The third-order valence-electron chi connectivity index (χ3n) is 4.84. The number of non-ortho nitro benzene ring substituents is 1. The molecule has 4 rings (SSSR count). The highest BCUT2D eigenvalue weighted by Crippen LogP contribution is 2.33. The topological polar surface area (TPSA) is 203 Å². The number of benzene rings is 3. The Hall–Kier alpha value is -5.14. The van der Waals surface area contributed by atoms with Crippen molar-refractivity contribution in [2.45, 2.75) is 13.0 Å². The van der Waals surface area contributed by atoms with E-state index in [0.717, 1.165) is 17.7 Å². The lowest BCUT2D eigenvalue weighted by atomic mass is 10.1. The minimum absolute atomic E-state index is 0.0764. The Kier molecular flexibility index (Phi) is 5.94. The van der Waals surface area contributed by atoms with E-state index in [-0.39, 0.29) is 5.69 Å². The van der Waals surface area contributed by atoms with Gasteiger partial charge in [-0.1, -0.05) is 12.1 Å². The second-order valence-electron chi connectivity index (χ2n) is 7.06. The van der Waals surface area contributed by atoms with E-state index < -0.39 is 27.3 Å². The molecule has 0 aliphatic carbocycles. The van der Waals surface area contributed by atoms with Crippen molar-refractivity contribution in [1.82, 2.24) is 15.4 Å². The van der Waals surface area contributed by atoms with Crippen molar-refractivity contribution in [3.63, 3.8) is 0 Å². The molecule has 0 aliphatic heterocycles. The maximum Gasteiger partial charge on any atom is 0.303 e. The predicted octanol–water partition coefficient (Wildman–Crippen LogP) is 5.62. The van der Waals surface area contributed by atoms with E-state index in [9.17, 15) is 20.2 Å². The molecule has 4 aromatic rings. The number of nitrogens with one attached hydrogen (secondary N) is 1. The Morgan fingerprint density at radius 3 is 2.41 bits per heavy atom. The first kappa shape index (κ1) is 22.1. The van der Waals surface area contributed by atoms with Crippen LogP contribution in [0.2, 0.25) is 0 Å². The summed E-state index contributed by atoms with van der Waals surface area (Å²) in [5.41, 5.74) is 8.27. The summed E-state index contributed by atoms with van der Waals surface area (Å²) in [5, 5.41) is 49.1. The van der Waals surface area contributed by atoms with Crippen LogP contribution in [0.25, 0.3) is 11.0 Å². The molecule has 1 atom stereocenters. The van der Waals surface area contributed by atoms with Crippen molar-refractivity contribution in [1.29, 1.82) is 0 Å². The fourth-order valence-corrected chi connectivity index (χ4v) is 3.02. The molecule has 0 radical (unpaired) electrons. The number of rotatable bonds is 7. The van der Waals surface area contributed by atoms with E-state index in [1.54, 1.807) is 43.3 Å². The number of anilines is 1. The van der Waals surface area contributed by atoms with Crippen LogP contribution in [0.3, 0.4) is 0 Å². The van der Waals surface area contributed by atoms with Crippen LogP contribution in [0.5, 0.6) is 0 Å². The molecule has 1 heterocycles. The Bertz CT molecular complexity index is 1450. The smallest absolute Gasteiger partial charge is 0.303 e. The average molecular weight is 460 g/mol. The molecule has 34 heavy (non-hydrogen) atoms. The highest BCUT2D eigenvalue weighted by Gasteiger charge is 2.19. The number of aromatic amines is 1. The summed E-state index contributed by atoms with van der Waals surface area (Å²) >= 11 is 0. The zero-order valence-electron chi connectivity index (χ0n) is 17.6. The summed E-state index contributed by atoms with van der Waals surface area (Å²) in [6, 6.07) is 13.1. The molecule has 0 spiro atoms. The first-order valence-electron chi connectivity index (χ1n) is 9.78. The summed E-state index contributed by atoms with van der Waals surface area (Å²) in [5.74, 6) is 0. The van der Waals surface area contributed by atoms with Crippen LogP contribution in [0.4, 0.5) is 34.1 Å². The van der Waals surface area contributed by atoms with Gasteiger partial charge in [0.2, 0.25) is 0 Å². The number of nitrogens with two attached hydrogens (primary N) is 1. The van der Waals surface area contributed by atoms with Gasteiger partial charge in [-0.15, -0.1) is 10.2 Å². The van der Waals surface area contributed by atoms with E-state index in [4.69, 9.17) is 5.73 Å². The van der Waals surface area contributed by atoms with Crippen molar-refractivity contribution >= 4 is 45.2 Å². The van der Waals surface area contributed by atoms with Crippen LogP contribution >= 0.6 is 0 Å². The first-order valence-corrected chi connectivity index (χ1v) is 9.78. The number of hydrogen-bond donors (Lipinski definition) is 2. The Balaban J connectivity index is 1.51. The van der Waals surface area contributed by atoms with Crippen LogP contribution in [0, 0.1) is 20.2 Å². The molecular weight excluding hydrogens is 444 g/mol. The summed E-state index contributed by atoms with van der Waals surface area (Å²) in [6.45, 7) is 1.75. The highest BCUT2D eigenvalue weighted by molar-refractivity contribution is 5.92. The van der Waals surface area contributed by atoms with Crippen LogP contribution in [-0.2, 0) is 0 Å². The van der Waals surface area contributed by atoms with Gasteiger partial charge >= 0.3 is 5.69 Å². The quantitative estimate of drug-likeness (QED) is 0.154. The number of nitrogen functional groups attached to an aromatic ring is 1. The molecule has 0 aliphatic rings. The normalized spacial score (nSPS) is 12.5. The lowest BCUT2D eigenvalue weighted by Crippen LogP contribution is -1.93. The van der Waals surface area contributed by atoms with Gasteiger partial charge in [-0.2, -0.15) is 25.6 Å². The van der Waals surface area contributed by atoms with Gasteiger partial charge in [0.05, 0.1) is 33.3 Å². The lowest BCUT2D eigenvalue weighted by Gasteiger charge is -2.05. The maximum atomic E-state index is 11.2. The number of fused-ring (bicyclic) bond motifs is 1. The van der Waals surface area contributed by atoms with Crippen molar-refractivity contribution in [2.75, 3.05) is 5.73 Å². The van der Waals surface area contributed by atoms with E-state index in [0.29, 0.717) is 28.1 Å². The molecule has 0 bridgehead atoms. The van der Waals surface area contributed by atoms with Gasteiger partial charge in [-0.3, -0.25) is 20.2 Å². The van der Waals surface area contributed by atoms with Crippen molar-refractivity contribution in [3.8, 4) is 0 Å². The molecule has 3 N–H and O–H groups in total. The van der Waals surface area contributed by atoms with Crippen molar-refractivity contribution in [2.24, 2.45) is 20.5 Å². The largest absolute Gasteiger partial charge is 0.397 e. The zero-order valence-corrected chi connectivity index (χ0v) is 17.6. The summed E-state index contributed by atoms with van der Waals surface area (Å²) < 4.78 is 0. The van der Waals surface area contributed by atoms with Gasteiger partial charge in [0.25, 0.3) is 5.69 Å². The predicted molar refractivity (Wildman–Crippen MR) is 122 cm³/mol.